The molecule has 1 atom stereocenters. The van der Waals surface area contributed by atoms with Crippen molar-refractivity contribution in [2.24, 2.45) is 5.73 Å². The van der Waals surface area contributed by atoms with Crippen LogP contribution in [0.2, 0.25) is 0 Å². The summed E-state index contributed by atoms with van der Waals surface area (Å²) in [6, 6.07) is 9.39. The Hall–Kier alpha value is -1.96. The van der Waals surface area contributed by atoms with Gasteiger partial charge in [-0.15, -0.1) is 0 Å². The van der Waals surface area contributed by atoms with Crippen LogP contribution in [0, 0.1) is 0 Å². The molecule has 2 amide bonds. The lowest BCUT2D eigenvalue weighted by atomic mass is 10.1. The van der Waals surface area contributed by atoms with E-state index in [2.05, 4.69) is 15.5 Å². The van der Waals surface area contributed by atoms with E-state index >= 15 is 0 Å². The van der Waals surface area contributed by atoms with Crippen molar-refractivity contribution in [2.45, 2.75) is 51.0 Å². The summed E-state index contributed by atoms with van der Waals surface area (Å²) in [7, 11) is 0. The first kappa shape index (κ1) is 22.1. The Morgan fingerprint density at radius 1 is 1.04 bits per heavy atom. The molecule has 5 N–H and O–H groups in total. The molecular weight excluding hydrogens is 334 g/mol. The van der Waals surface area contributed by atoms with Crippen LogP contribution in [0.5, 0.6) is 0 Å². The molecule has 1 unspecified atom stereocenters. The number of hydrogen-bond donors (Lipinski definition) is 4. The van der Waals surface area contributed by atoms with Gasteiger partial charge in [0.05, 0.1) is 6.04 Å². The van der Waals surface area contributed by atoms with Crippen LogP contribution in [-0.4, -0.2) is 42.8 Å². The molecule has 146 valence electrons. The van der Waals surface area contributed by atoms with Crippen LogP contribution in [0.4, 0.5) is 0 Å². The molecule has 0 saturated carbocycles. The molecule has 0 aliphatic rings. The number of rotatable bonds is 14. The fourth-order valence-electron chi connectivity index (χ4n) is 2.61. The number of benzene rings is 1. The van der Waals surface area contributed by atoms with Gasteiger partial charge in [0.1, 0.15) is 6.61 Å². The van der Waals surface area contributed by atoms with Crippen molar-refractivity contribution in [1.29, 1.82) is 0 Å². The normalized spacial score (nSPS) is 11.8. The molecular formula is C19H31N3O4. The molecule has 7 heteroatoms. The third kappa shape index (κ3) is 10.8. The van der Waals surface area contributed by atoms with Crippen LogP contribution in [-0.2, 0) is 20.9 Å². The highest BCUT2D eigenvalue weighted by Crippen LogP contribution is 2.04. The number of nitrogens with two attached hydrogens (primary N) is 1. The Morgan fingerprint density at radius 2 is 1.77 bits per heavy atom. The van der Waals surface area contributed by atoms with Gasteiger partial charge in [-0.1, -0.05) is 36.8 Å². The third-order valence-corrected chi connectivity index (χ3v) is 3.98. The number of hydrogen-bond acceptors (Lipinski definition) is 5. The quantitative estimate of drug-likeness (QED) is 0.227. The van der Waals surface area contributed by atoms with Gasteiger partial charge in [-0.05, 0) is 37.8 Å². The first-order valence-electron chi connectivity index (χ1n) is 9.22. The molecule has 0 aromatic heterocycles. The van der Waals surface area contributed by atoms with Crippen molar-refractivity contribution in [3.05, 3.63) is 35.9 Å². The van der Waals surface area contributed by atoms with E-state index in [9.17, 15) is 9.59 Å². The second kappa shape index (κ2) is 14.2. The molecule has 0 spiro atoms. The van der Waals surface area contributed by atoms with Crippen LogP contribution in [0.3, 0.4) is 0 Å². The van der Waals surface area contributed by atoms with Gasteiger partial charge in [-0.2, -0.15) is 0 Å². The standard InChI is InChI=1S/C19H31N3O4/c20-12-6-2-5-10-18(23)21-13-7-11-19(24)22-17(15-26-25)14-16-8-3-1-4-9-16/h1,3-4,8-9,17,25H,2,5-7,10-15,20H2,(H,21,23)(H,22,24). The van der Waals surface area contributed by atoms with E-state index in [-0.39, 0.29) is 24.5 Å². The summed E-state index contributed by atoms with van der Waals surface area (Å²) in [5.74, 6) is -0.113. The van der Waals surface area contributed by atoms with Gasteiger partial charge in [0.2, 0.25) is 11.8 Å². The molecule has 1 rings (SSSR count). The Kier molecular flexibility index (Phi) is 12.1. The van der Waals surface area contributed by atoms with Crippen LogP contribution in [0.25, 0.3) is 0 Å². The maximum absolute atomic E-state index is 12.0. The molecule has 1 aromatic carbocycles. The van der Waals surface area contributed by atoms with E-state index in [1.165, 1.54) is 0 Å². The molecule has 0 heterocycles. The molecule has 0 saturated heterocycles. The summed E-state index contributed by atoms with van der Waals surface area (Å²) in [6.45, 7) is 1.16. The van der Waals surface area contributed by atoms with Crippen molar-refractivity contribution in [3.63, 3.8) is 0 Å². The zero-order chi connectivity index (χ0) is 19.0. The molecule has 0 fully saturated rings. The van der Waals surface area contributed by atoms with E-state index in [1.54, 1.807) is 0 Å². The molecule has 0 radical (unpaired) electrons. The average molecular weight is 365 g/mol. The lowest BCUT2D eigenvalue weighted by Crippen LogP contribution is -2.39. The second-order valence-electron chi connectivity index (χ2n) is 6.30. The molecule has 1 aromatic rings. The fraction of sp³-hybridized carbons (Fsp3) is 0.579. The predicted molar refractivity (Wildman–Crippen MR) is 100 cm³/mol. The number of amides is 2. The van der Waals surface area contributed by atoms with E-state index in [0.717, 1.165) is 24.8 Å². The smallest absolute Gasteiger partial charge is 0.220 e. The monoisotopic (exact) mass is 365 g/mol. The summed E-state index contributed by atoms with van der Waals surface area (Å²) >= 11 is 0. The minimum Gasteiger partial charge on any atom is -0.356 e. The zero-order valence-electron chi connectivity index (χ0n) is 15.3. The van der Waals surface area contributed by atoms with Gasteiger partial charge in [0, 0.05) is 19.4 Å². The van der Waals surface area contributed by atoms with E-state index < -0.39 is 0 Å². The summed E-state index contributed by atoms with van der Waals surface area (Å²) in [6.07, 6.45) is 4.69. The van der Waals surface area contributed by atoms with Gasteiger partial charge in [-0.25, -0.2) is 4.89 Å². The van der Waals surface area contributed by atoms with Gasteiger partial charge in [-0.3, -0.25) is 14.8 Å². The van der Waals surface area contributed by atoms with Crippen molar-refractivity contribution in [1.82, 2.24) is 10.6 Å². The number of carbonyl (C=O) groups excluding carboxylic acids is 2. The minimum atomic E-state index is -0.299. The van der Waals surface area contributed by atoms with E-state index in [1.807, 2.05) is 30.3 Å². The van der Waals surface area contributed by atoms with E-state index in [0.29, 0.717) is 38.8 Å². The highest BCUT2D eigenvalue weighted by molar-refractivity contribution is 5.77. The largest absolute Gasteiger partial charge is 0.356 e. The highest BCUT2D eigenvalue weighted by atomic mass is 17.1. The second-order valence-corrected chi connectivity index (χ2v) is 6.30. The Bertz CT molecular complexity index is 511. The number of nitrogens with one attached hydrogen (secondary N) is 2. The predicted octanol–water partition coefficient (Wildman–Crippen LogP) is 1.62. The first-order valence-corrected chi connectivity index (χ1v) is 9.22. The fourth-order valence-corrected chi connectivity index (χ4v) is 2.61. The SMILES string of the molecule is NCCCCCC(=O)NCCCC(=O)NC(COO)Cc1ccccc1. The van der Waals surface area contributed by atoms with Crippen LogP contribution in [0.1, 0.15) is 44.1 Å². The molecule has 26 heavy (non-hydrogen) atoms. The Labute approximate surface area is 155 Å². The first-order chi connectivity index (χ1) is 12.7. The molecule has 0 aliphatic heterocycles. The van der Waals surface area contributed by atoms with Crippen molar-refractivity contribution in [3.8, 4) is 0 Å². The summed E-state index contributed by atoms with van der Waals surface area (Å²) < 4.78 is 0. The summed E-state index contributed by atoms with van der Waals surface area (Å²) in [5, 5.41) is 14.4. The van der Waals surface area contributed by atoms with Crippen molar-refractivity contribution >= 4 is 11.8 Å². The Morgan fingerprint density at radius 3 is 2.46 bits per heavy atom. The summed E-state index contributed by atoms with van der Waals surface area (Å²) in [4.78, 5) is 27.9. The Balaban J connectivity index is 2.19. The van der Waals surface area contributed by atoms with Crippen LogP contribution in [0.15, 0.2) is 30.3 Å². The van der Waals surface area contributed by atoms with Crippen molar-refractivity contribution in [2.75, 3.05) is 19.7 Å². The lowest BCUT2D eigenvalue weighted by molar-refractivity contribution is -0.246. The number of unbranched alkanes of at least 4 members (excludes halogenated alkanes) is 2. The third-order valence-electron chi connectivity index (χ3n) is 3.98. The highest BCUT2D eigenvalue weighted by Gasteiger charge is 2.13. The summed E-state index contributed by atoms with van der Waals surface area (Å²) in [5.41, 5.74) is 6.46. The lowest BCUT2D eigenvalue weighted by Gasteiger charge is -2.17. The van der Waals surface area contributed by atoms with Crippen molar-refractivity contribution < 1.29 is 19.7 Å². The molecule has 0 aliphatic carbocycles. The topological polar surface area (TPSA) is 114 Å². The molecule has 0 bridgehead atoms. The zero-order valence-corrected chi connectivity index (χ0v) is 15.3. The van der Waals surface area contributed by atoms with Gasteiger partial charge in [0.25, 0.3) is 0 Å². The van der Waals surface area contributed by atoms with Crippen LogP contribution >= 0.6 is 0 Å². The van der Waals surface area contributed by atoms with Gasteiger partial charge in [0.15, 0.2) is 0 Å². The number of carbonyl (C=O) groups is 2. The van der Waals surface area contributed by atoms with Crippen LogP contribution < -0.4 is 16.4 Å². The maximum atomic E-state index is 12.0. The molecule has 7 nitrogen and oxygen atoms in total. The average Bonchev–Trinajstić information content (AvgIpc) is 2.63. The van der Waals surface area contributed by atoms with Gasteiger partial charge < -0.3 is 16.4 Å². The van der Waals surface area contributed by atoms with E-state index in [4.69, 9.17) is 11.0 Å². The maximum Gasteiger partial charge on any atom is 0.220 e. The van der Waals surface area contributed by atoms with Gasteiger partial charge >= 0.3 is 0 Å². The minimum absolute atomic E-state index is 0.0121.